The van der Waals surface area contributed by atoms with Gasteiger partial charge in [-0.2, -0.15) is 5.10 Å². The third-order valence-corrected chi connectivity index (χ3v) is 4.48. The number of nitrogens with one attached hydrogen (secondary N) is 1. The van der Waals surface area contributed by atoms with Gasteiger partial charge in [0, 0.05) is 30.6 Å². The fourth-order valence-electron chi connectivity index (χ4n) is 3.20. The zero-order chi connectivity index (χ0) is 18.7. The molecule has 1 N–H and O–H groups in total. The summed E-state index contributed by atoms with van der Waals surface area (Å²) < 4.78 is 2.01. The number of carbonyl (C=O) groups is 1. The van der Waals surface area contributed by atoms with Crippen LogP contribution in [-0.2, 0) is 30.8 Å². The third-order valence-electron chi connectivity index (χ3n) is 4.48. The van der Waals surface area contributed by atoms with Crippen molar-refractivity contribution in [2.24, 2.45) is 5.92 Å². The normalized spacial score (nSPS) is 13.8. The first-order chi connectivity index (χ1) is 12.5. The van der Waals surface area contributed by atoms with Crippen LogP contribution in [0.25, 0.3) is 0 Å². The second-order valence-corrected chi connectivity index (χ2v) is 7.18. The lowest BCUT2D eigenvalue weighted by Crippen LogP contribution is -2.40. The molecule has 0 atom stereocenters. The molecule has 0 spiro atoms. The summed E-state index contributed by atoms with van der Waals surface area (Å²) >= 11 is 0. The van der Waals surface area contributed by atoms with Gasteiger partial charge in [-0.25, -0.2) is 9.97 Å². The number of rotatable bonds is 6. The van der Waals surface area contributed by atoms with Gasteiger partial charge in [-0.15, -0.1) is 0 Å². The second-order valence-electron chi connectivity index (χ2n) is 7.18. The molecule has 0 fully saturated rings. The summed E-state index contributed by atoms with van der Waals surface area (Å²) in [5.74, 6) is 1.95. The molecule has 1 amide bonds. The van der Waals surface area contributed by atoms with Crippen molar-refractivity contribution in [3.63, 3.8) is 0 Å². The molecule has 2 aromatic heterocycles. The molecule has 2 aromatic rings. The zero-order valence-electron chi connectivity index (χ0n) is 16.1. The molecule has 0 saturated heterocycles. The smallest absolute Gasteiger partial charge is 0.225 e. The molecule has 140 valence electrons. The van der Waals surface area contributed by atoms with E-state index in [0.717, 1.165) is 54.7 Å². The number of aryl methyl sites for hydroxylation is 2. The Hall–Kier alpha value is -2.44. The van der Waals surface area contributed by atoms with Gasteiger partial charge < -0.3 is 10.2 Å². The van der Waals surface area contributed by atoms with E-state index in [1.165, 1.54) is 0 Å². The Morgan fingerprint density at radius 2 is 2.08 bits per heavy atom. The molecular formula is C19H28N6O. The lowest BCUT2D eigenvalue weighted by Gasteiger charge is -2.29. The maximum absolute atomic E-state index is 12.2. The van der Waals surface area contributed by atoms with E-state index in [-0.39, 0.29) is 11.8 Å². The van der Waals surface area contributed by atoms with Gasteiger partial charge in [0.25, 0.3) is 0 Å². The largest absolute Gasteiger partial charge is 0.364 e. The molecule has 0 aliphatic carbocycles. The van der Waals surface area contributed by atoms with Crippen molar-refractivity contribution in [2.75, 3.05) is 11.9 Å². The molecule has 26 heavy (non-hydrogen) atoms. The molecule has 7 heteroatoms. The molecule has 3 heterocycles. The number of hydrogen-bond acceptors (Lipinski definition) is 5. The highest BCUT2D eigenvalue weighted by Gasteiger charge is 2.23. The summed E-state index contributed by atoms with van der Waals surface area (Å²) in [6.45, 7) is 10.7. The standard InChI is InChI=1S/C19H28N6O/c1-5-6-17-21-14(4)9-18(22-17)20-11-15-10-16-12-24(19(26)13(2)3)7-8-25(16)23-15/h9-10,13H,5-8,11-12H2,1-4H3,(H,20,21,22). The highest BCUT2D eigenvalue weighted by atomic mass is 16.2. The maximum Gasteiger partial charge on any atom is 0.225 e. The van der Waals surface area contributed by atoms with Crippen molar-refractivity contribution in [1.82, 2.24) is 24.6 Å². The first-order valence-corrected chi connectivity index (χ1v) is 9.39. The maximum atomic E-state index is 12.2. The van der Waals surface area contributed by atoms with Gasteiger partial charge >= 0.3 is 0 Å². The van der Waals surface area contributed by atoms with Crippen molar-refractivity contribution in [1.29, 1.82) is 0 Å². The minimum atomic E-state index is 0.0314. The van der Waals surface area contributed by atoms with Crippen LogP contribution in [0.2, 0.25) is 0 Å². The van der Waals surface area contributed by atoms with Crippen LogP contribution in [0.5, 0.6) is 0 Å². The van der Waals surface area contributed by atoms with Gasteiger partial charge in [0.15, 0.2) is 0 Å². The lowest BCUT2D eigenvalue weighted by atomic mass is 10.1. The fraction of sp³-hybridized carbons (Fsp3) is 0.579. The highest BCUT2D eigenvalue weighted by Crippen LogP contribution is 2.17. The lowest BCUT2D eigenvalue weighted by molar-refractivity contribution is -0.136. The number of hydrogen-bond donors (Lipinski definition) is 1. The van der Waals surface area contributed by atoms with Crippen LogP contribution in [0.4, 0.5) is 5.82 Å². The SMILES string of the molecule is CCCc1nc(C)cc(NCc2cc3n(n2)CCN(C(=O)C(C)C)C3)n1. The minimum Gasteiger partial charge on any atom is -0.364 e. The fourth-order valence-corrected chi connectivity index (χ4v) is 3.20. The first-order valence-electron chi connectivity index (χ1n) is 9.39. The number of fused-ring (bicyclic) bond motifs is 1. The van der Waals surface area contributed by atoms with Crippen molar-refractivity contribution >= 4 is 11.7 Å². The molecule has 0 saturated carbocycles. The average molecular weight is 356 g/mol. The van der Waals surface area contributed by atoms with E-state index in [1.807, 2.05) is 36.4 Å². The summed E-state index contributed by atoms with van der Waals surface area (Å²) in [6, 6.07) is 4.03. The van der Waals surface area contributed by atoms with Crippen LogP contribution in [0.15, 0.2) is 12.1 Å². The number of carbonyl (C=O) groups excluding carboxylic acids is 1. The Labute approximate surface area is 154 Å². The van der Waals surface area contributed by atoms with E-state index in [0.29, 0.717) is 13.1 Å². The summed E-state index contributed by atoms with van der Waals surface area (Å²) in [4.78, 5) is 23.2. The first kappa shape index (κ1) is 18.4. The number of aromatic nitrogens is 4. The highest BCUT2D eigenvalue weighted by molar-refractivity contribution is 5.78. The molecule has 3 rings (SSSR count). The van der Waals surface area contributed by atoms with Crippen LogP contribution < -0.4 is 5.32 Å². The van der Waals surface area contributed by atoms with E-state index < -0.39 is 0 Å². The van der Waals surface area contributed by atoms with Gasteiger partial charge in [0.1, 0.15) is 11.6 Å². The molecule has 0 unspecified atom stereocenters. The predicted octanol–water partition coefficient (Wildman–Crippen LogP) is 2.54. The Morgan fingerprint density at radius 1 is 1.27 bits per heavy atom. The van der Waals surface area contributed by atoms with Crippen LogP contribution in [0.1, 0.15) is 50.1 Å². The Balaban J connectivity index is 1.65. The summed E-state index contributed by atoms with van der Waals surface area (Å²) in [7, 11) is 0. The summed E-state index contributed by atoms with van der Waals surface area (Å²) in [6.07, 6.45) is 1.91. The molecule has 1 aliphatic rings. The van der Waals surface area contributed by atoms with E-state index in [9.17, 15) is 4.79 Å². The van der Waals surface area contributed by atoms with Crippen LogP contribution in [-0.4, -0.2) is 37.1 Å². The van der Waals surface area contributed by atoms with E-state index >= 15 is 0 Å². The second kappa shape index (κ2) is 7.85. The van der Waals surface area contributed by atoms with Gasteiger partial charge in [-0.1, -0.05) is 20.8 Å². The Morgan fingerprint density at radius 3 is 2.81 bits per heavy atom. The topological polar surface area (TPSA) is 75.9 Å². The molecule has 7 nitrogen and oxygen atoms in total. The Bertz CT molecular complexity index is 782. The van der Waals surface area contributed by atoms with E-state index in [2.05, 4.69) is 33.4 Å². The van der Waals surface area contributed by atoms with Crippen LogP contribution >= 0.6 is 0 Å². The van der Waals surface area contributed by atoms with Crippen molar-refractivity contribution in [3.8, 4) is 0 Å². The van der Waals surface area contributed by atoms with Crippen molar-refractivity contribution < 1.29 is 4.79 Å². The Kier molecular flexibility index (Phi) is 5.54. The van der Waals surface area contributed by atoms with Crippen molar-refractivity contribution in [3.05, 3.63) is 35.0 Å². The number of amides is 1. The summed E-state index contributed by atoms with van der Waals surface area (Å²) in [5.41, 5.74) is 3.03. The van der Waals surface area contributed by atoms with Gasteiger partial charge in [0.2, 0.25) is 5.91 Å². The predicted molar refractivity (Wildman–Crippen MR) is 101 cm³/mol. The monoisotopic (exact) mass is 356 g/mol. The van der Waals surface area contributed by atoms with Gasteiger partial charge in [-0.05, 0) is 19.4 Å². The molecule has 1 aliphatic heterocycles. The number of nitrogens with zero attached hydrogens (tertiary/aromatic N) is 5. The van der Waals surface area contributed by atoms with Gasteiger partial charge in [0.05, 0.1) is 31.0 Å². The molecule has 0 aromatic carbocycles. The quantitative estimate of drug-likeness (QED) is 0.861. The van der Waals surface area contributed by atoms with E-state index in [4.69, 9.17) is 0 Å². The van der Waals surface area contributed by atoms with Crippen LogP contribution in [0.3, 0.4) is 0 Å². The van der Waals surface area contributed by atoms with E-state index in [1.54, 1.807) is 0 Å². The zero-order valence-corrected chi connectivity index (χ0v) is 16.1. The summed E-state index contributed by atoms with van der Waals surface area (Å²) in [5, 5.41) is 8.01. The molecule has 0 radical (unpaired) electrons. The molecule has 0 bridgehead atoms. The van der Waals surface area contributed by atoms with Crippen LogP contribution in [0, 0.1) is 12.8 Å². The molecular weight excluding hydrogens is 328 g/mol. The van der Waals surface area contributed by atoms with Gasteiger partial charge in [-0.3, -0.25) is 9.48 Å². The third kappa shape index (κ3) is 4.20. The van der Waals surface area contributed by atoms with Crippen molar-refractivity contribution in [2.45, 2.75) is 60.2 Å². The number of anilines is 1. The average Bonchev–Trinajstić information content (AvgIpc) is 3.01. The minimum absolute atomic E-state index is 0.0314.